The number of rotatable bonds is 9. The molecule has 2 saturated heterocycles. The van der Waals surface area contributed by atoms with Crippen molar-refractivity contribution in [2.24, 2.45) is 5.92 Å². The predicted octanol–water partition coefficient (Wildman–Crippen LogP) is 4.60. The number of amides is 1. The molecule has 2 N–H and O–H groups in total. The zero-order chi connectivity index (χ0) is 33.3. The summed E-state index contributed by atoms with van der Waals surface area (Å²) >= 11 is 6.54. The van der Waals surface area contributed by atoms with Crippen LogP contribution in [-0.2, 0) is 17.5 Å². The third kappa shape index (κ3) is 7.23. The topological polar surface area (TPSA) is 113 Å². The molecule has 17 heteroatoms. The zero-order valence-electron chi connectivity index (χ0n) is 25.0. The quantitative estimate of drug-likeness (QED) is 0.247. The van der Waals surface area contributed by atoms with Crippen molar-refractivity contribution >= 4 is 40.4 Å². The van der Waals surface area contributed by atoms with Crippen molar-refractivity contribution in [3.8, 4) is 11.3 Å². The minimum Gasteiger partial charge on any atom is -0.337 e. The van der Waals surface area contributed by atoms with Crippen molar-refractivity contribution in [3.05, 3.63) is 59.3 Å². The monoisotopic (exact) mass is 679 g/mol. The van der Waals surface area contributed by atoms with Crippen LogP contribution >= 0.6 is 11.6 Å². The Bertz CT molecular complexity index is 1760. The summed E-state index contributed by atoms with van der Waals surface area (Å²) < 4.78 is 69.0. The van der Waals surface area contributed by atoms with Gasteiger partial charge in [-0.05, 0) is 44.1 Å². The van der Waals surface area contributed by atoms with E-state index in [1.807, 2.05) is 0 Å². The summed E-state index contributed by atoms with van der Waals surface area (Å²) in [6.07, 6.45) is -1.24. The van der Waals surface area contributed by atoms with Crippen LogP contribution in [0.1, 0.15) is 28.9 Å². The summed E-state index contributed by atoms with van der Waals surface area (Å²) in [7, 11) is 0. The van der Waals surface area contributed by atoms with Gasteiger partial charge in [0.2, 0.25) is 0 Å². The molecule has 11 nitrogen and oxygen atoms in total. The summed E-state index contributed by atoms with van der Waals surface area (Å²) in [5.41, 5.74) is -0.851. The zero-order valence-corrected chi connectivity index (χ0v) is 25.7. The molecule has 0 atom stereocenters. The first-order chi connectivity index (χ1) is 22.5. The number of halogens is 6. The van der Waals surface area contributed by atoms with E-state index in [0.29, 0.717) is 48.7 Å². The summed E-state index contributed by atoms with van der Waals surface area (Å²) in [6.45, 7) is 3.19. The van der Waals surface area contributed by atoms with Crippen molar-refractivity contribution < 1.29 is 31.5 Å². The van der Waals surface area contributed by atoms with E-state index >= 15 is 0 Å². The molecule has 0 aliphatic carbocycles. The van der Waals surface area contributed by atoms with Crippen LogP contribution in [0.4, 0.5) is 33.5 Å². The minimum absolute atomic E-state index is 0.0204. The molecule has 1 amide bonds. The summed E-state index contributed by atoms with van der Waals surface area (Å²) in [5.74, 6) is 0.280. The van der Waals surface area contributed by atoms with Crippen LogP contribution < -0.4 is 10.6 Å². The number of anilines is 2. The van der Waals surface area contributed by atoms with Crippen LogP contribution in [0.15, 0.2) is 43.0 Å². The Balaban J connectivity index is 1.14. The van der Waals surface area contributed by atoms with Crippen molar-refractivity contribution in [1.29, 1.82) is 0 Å². The van der Waals surface area contributed by atoms with Gasteiger partial charge in [0.05, 0.1) is 34.6 Å². The third-order valence-electron chi connectivity index (χ3n) is 8.35. The number of nitrogens with zero attached hydrogens (tertiary/aromatic N) is 7. The average molecular weight is 680 g/mol. The number of ketones is 1. The number of nitrogens with one attached hydrogen (secondary N) is 2. The third-order valence-corrected chi connectivity index (χ3v) is 8.67. The van der Waals surface area contributed by atoms with Gasteiger partial charge in [-0.25, -0.2) is 18.7 Å². The number of hydrogen-bond acceptors (Lipinski definition) is 8. The van der Waals surface area contributed by atoms with Crippen molar-refractivity contribution in [3.63, 3.8) is 0 Å². The SMILES string of the molecule is O=C(CN1CCN(C(=O)c2ccc(Nc3nccn4c(-c5cn(CC(F)F)nc5C(F)(F)F)cnc34)cc2Cl)CC1)C1CCNCC1. The minimum atomic E-state index is -4.89. The number of benzene rings is 1. The molecule has 0 spiro atoms. The van der Waals surface area contributed by atoms with Crippen LogP contribution in [0.5, 0.6) is 0 Å². The Hall–Kier alpha value is -4.15. The van der Waals surface area contributed by atoms with Crippen LogP contribution in [0.2, 0.25) is 5.02 Å². The van der Waals surface area contributed by atoms with Crippen LogP contribution in [-0.4, -0.2) is 97.9 Å². The second-order valence-electron chi connectivity index (χ2n) is 11.5. The highest BCUT2D eigenvalue weighted by Crippen LogP contribution is 2.37. The number of alkyl halides is 5. The lowest BCUT2D eigenvalue weighted by molar-refractivity contribution is -0.141. The Morgan fingerprint density at radius 3 is 2.51 bits per heavy atom. The number of fused-ring (bicyclic) bond motifs is 1. The van der Waals surface area contributed by atoms with Gasteiger partial charge in [-0.15, -0.1) is 0 Å². The number of piperazine rings is 1. The predicted molar refractivity (Wildman–Crippen MR) is 163 cm³/mol. The van der Waals surface area contributed by atoms with Gasteiger partial charge in [0.25, 0.3) is 12.3 Å². The van der Waals surface area contributed by atoms with Gasteiger partial charge in [-0.3, -0.25) is 23.6 Å². The van der Waals surface area contributed by atoms with Crippen molar-refractivity contribution in [1.82, 2.24) is 39.3 Å². The highest BCUT2D eigenvalue weighted by molar-refractivity contribution is 6.34. The molecule has 0 bridgehead atoms. The summed E-state index contributed by atoms with van der Waals surface area (Å²) in [6, 6.07) is 4.73. The van der Waals surface area contributed by atoms with Gasteiger partial charge in [-0.2, -0.15) is 18.3 Å². The highest BCUT2D eigenvalue weighted by atomic mass is 35.5. The maximum atomic E-state index is 13.8. The molecule has 2 fully saturated rings. The number of Topliss-reactive ketones (excluding diaryl/α,β-unsaturated/α-hetero) is 1. The number of carbonyl (C=O) groups is 2. The number of carbonyl (C=O) groups excluding carboxylic acids is 2. The molecule has 1 aromatic carbocycles. The van der Waals surface area contributed by atoms with Crippen LogP contribution in [0.25, 0.3) is 16.9 Å². The smallest absolute Gasteiger partial charge is 0.337 e. The van der Waals surface area contributed by atoms with Gasteiger partial charge in [-0.1, -0.05) is 11.6 Å². The van der Waals surface area contributed by atoms with E-state index in [4.69, 9.17) is 11.6 Å². The standard InChI is InChI=1S/C30H31ClF5N9O2/c31-22-13-19(1-2-20(22)29(47)43-11-9-42(10-12-43)16-24(46)18-3-5-37-6-4-18)40-27-28-39-14-23(45(28)8-7-38-27)21-15-44(17-25(32)33)41-26(21)30(34,35)36/h1-2,7-8,13-15,18,25,37H,3-6,9-12,16-17H2,(H,38,40). The molecule has 47 heavy (non-hydrogen) atoms. The number of imidazole rings is 1. The van der Waals surface area contributed by atoms with Gasteiger partial charge in [0, 0.05) is 56.4 Å². The average Bonchev–Trinajstić information content (AvgIpc) is 3.66. The second kappa shape index (κ2) is 13.5. The van der Waals surface area contributed by atoms with E-state index < -0.39 is 30.4 Å². The lowest BCUT2D eigenvalue weighted by atomic mass is 9.93. The van der Waals surface area contributed by atoms with E-state index in [9.17, 15) is 31.5 Å². The van der Waals surface area contributed by atoms with E-state index in [0.717, 1.165) is 32.1 Å². The fourth-order valence-electron chi connectivity index (χ4n) is 5.94. The lowest BCUT2D eigenvalue weighted by Gasteiger charge is -2.35. The van der Waals surface area contributed by atoms with E-state index in [1.54, 1.807) is 17.0 Å². The fraction of sp³-hybridized carbons (Fsp3) is 0.433. The van der Waals surface area contributed by atoms with E-state index in [2.05, 4.69) is 30.6 Å². The Morgan fingerprint density at radius 2 is 1.83 bits per heavy atom. The molecule has 0 radical (unpaired) electrons. The first-order valence-electron chi connectivity index (χ1n) is 15.0. The van der Waals surface area contributed by atoms with Crippen molar-refractivity contribution in [2.75, 3.05) is 51.1 Å². The maximum absolute atomic E-state index is 13.8. The summed E-state index contributed by atoms with van der Waals surface area (Å²) in [5, 5.41) is 9.83. The highest BCUT2D eigenvalue weighted by Gasteiger charge is 2.38. The van der Waals surface area contributed by atoms with Gasteiger partial charge < -0.3 is 15.5 Å². The first kappa shape index (κ1) is 32.8. The number of piperidine rings is 1. The molecular formula is C30H31ClF5N9O2. The molecule has 2 aliphatic heterocycles. The molecule has 3 aromatic heterocycles. The summed E-state index contributed by atoms with van der Waals surface area (Å²) in [4.78, 5) is 38.3. The molecule has 250 valence electrons. The Morgan fingerprint density at radius 1 is 1.09 bits per heavy atom. The van der Waals surface area contributed by atoms with E-state index in [1.165, 1.54) is 29.1 Å². The second-order valence-corrected chi connectivity index (χ2v) is 11.9. The maximum Gasteiger partial charge on any atom is 0.435 e. The van der Waals surface area contributed by atoms with Crippen molar-refractivity contribution in [2.45, 2.75) is 32.0 Å². The number of hydrogen-bond donors (Lipinski definition) is 2. The number of aromatic nitrogens is 5. The Kier molecular flexibility index (Phi) is 9.43. The lowest BCUT2D eigenvalue weighted by Crippen LogP contribution is -2.50. The molecule has 5 heterocycles. The molecule has 6 rings (SSSR count). The Labute approximate surface area is 270 Å². The molecule has 2 aliphatic rings. The first-order valence-corrected chi connectivity index (χ1v) is 15.4. The normalized spacial score (nSPS) is 16.7. The van der Waals surface area contributed by atoms with Gasteiger partial charge in [0.1, 0.15) is 12.3 Å². The molecule has 0 unspecified atom stereocenters. The molecular weight excluding hydrogens is 649 g/mol. The van der Waals surface area contributed by atoms with Crippen LogP contribution in [0, 0.1) is 5.92 Å². The fourth-order valence-corrected chi connectivity index (χ4v) is 6.20. The van der Waals surface area contributed by atoms with Crippen LogP contribution in [0.3, 0.4) is 0 Å². The largest absolute Gasteiger partial charge is 0.435 e. The van der Waals surface area contributed by atoms with Gasteiger partial charge in [0.15, 0.2) is 17.2 Å². The molecule has 0 saturated carbocycles. The van der Waals surface area contributed by atoms with E-state index in [-0.39, 0.29) is 39.8 Å². The molecule has 4 aromatic rings. The van der Waals surface area contributed by atoms with Gasteiger partial charge >= 0.3 is 6.18 Å².